The highest BCUT2D eigenvalue weighted by Gasteiger charge is 2.25. The largest absolute Gasteiger partial charge is 0.480 e. The number of amides is 1. The molecule has 110 valence electrons. The van der Waals surface area contributed by atoms with Crippen LogP contribution in [-0.2, 0) is 17.6 Å². The van der Waals surface area contributed by atoms with E-state index >= 15 is 0 Å². The summed E-state index contributed by atoms with van der Waals surface area (Å²) in [6.07, 6.45) is 4.72. The average molecular weight is 295 g/mol. The predicted octanol–water partition coefficient (Wildman–Crippen LogP) is 2.86. The fourth-order valence-corrected chi connectivity index (χ4v) is 3.74. The van der Waals surface area contributed by atoms with Gasteiger partial charge >= 0.3 is 5.97 Å². The van der Waals surface area contributed by atoms with Crippen LogP contribution >= 0.6 is 11.3 Å². The zero-order valence-corrected chi connectivity index (χ0v) is 12.8. The highest BCUT2D eigenvalue weighted by atomic mass is 32.1. The maximum Gasteiger partial charge on any atom is 0.326 e. The normalized spacial score (nSPS) is 15.8. The van der Waals surface area contributed by atoms with Crippen LogP contribution in [0.2, 0.25) is 0 Å². The van der Waals surface area contributed by atoms with E-state index in [0.29, 0.717) is 12.0 Å². The van der Waals surface area contributed by atoms with Crippen molar-refractivity contribution < 1.29 is 14.7 Å². The van der Waals surface area contributed by atoms with Crippen LogP contribution < -0.4 is 5.32 Å². The first-order chi connectivity index (χ1) is 9.49. The van der Waals surface area contributed by atoms with E-state index in [9.17, 15) is 14.7 Å². The number of carbonyl (C=O) groups is 2. The zero-order valence-electron chi connectivity index (χ0n) is 11.9. The Morgan fingerprint density at radius 3 is 2.70 bits per heavy atom. The molecule has 2 N–H and O–H groups in total. The summed E-state index contributed by atoms with van der Waals surface area (Å²) >= 11 is 1.62. The number of aryl methyl sites for hydroxylation is 1. The van der Waals surface area contributed by atoms with Gasteiger partial charge in [-0.2, -0.15) is 0 Å². The van der Waals surface area contributed by atoms with E-state index in [1.54, 1.807) is 11.3 Å². The molecule has 1 amide bonds. The van der Waals surface area contributed by atoms with E-state index < -0.39 is 12.0 Å². The first kappa shape index (κ1) is 15.0. The lowest BCUT2D eigenvalue weighted by atomic mass is 9.95. The number of rotatable bonds is 5. The molecular formula is C15H21NO3S. The fraction of sp³-hybridized carbons (Fsp3) is 0.600. The Kier molecular flexibility index (Phi) is 4.81. The molecule has 0 saturated carbocycles. The summed E-state index contributed by atoms with van der Waals surface area (Å²) in [5.41, 5.74) is 1.81. The molecule has 1 atom stereocenters. The molecule has 4 nitrogen and oxygen atoms in total. The molecule has 5 heteroatoms. The highest BCUT2D eigenvalue weighted by molar-refractivity contribution is 7.10. The monoisotopic (exact) mass is 295 g/mol. The molecule has 0 saturated heterocycles. The Hall–Kier alpha value is -1.36. The number of thiophene rings is 1. The van der Waals surface area contributed by atoms with Crippen molar-refractivity contribution in [3.05, 3.63) is 21.4 Å². The van der Waals surface area contributed by atoms with Gasteiger partial charge in [0.15, 0.2) is 0 Å². The lowest BCUT2D eigenvalue weighted by Gasteiger charge is -2.17. The Morgan fingerprint density at radius 1 is 1.35 bits per heavy atom. The average Bonchev–Trinajstić information content (AvgIpc) is 2.81. The molecule has 0 radical (unpaired) electrons. The second kappa shape index (κ2) is 6.39. The summed E-state index contributed by atoms with van der Waals surface area (Å²) in [5, 5.41) is 13.7. The molecule has 0 fully saturated rings. The van der Waals surface area contributed by atoms with Crippen molar-refractivity contribution in [2.45, 2.75) is 52.0 Å². The summed E-state index contributed by atoms with van der Waals surface area (Å²) < 4.78 is 0. The molecule has 0 aliphatic heterocycles. The molecule has 1 aromatic rings. The van der Waals surface area contributed by atoms with Crippen LogP contribution in [0.1, 0.15) is 53.9 Å². The number of carboxylic acids is 1. The summed E-state index contributed by atoms with van der Waals surface area (Å²) in [7, 11) is 0. The standard InChI is InChI=1S/C15H21NO3S/c1-9(2)7-12(15(18)19)16-14(17)11-8-20-13-6-4-3-5-10(11)13/h8-9,12H,3-7H2,1-2H3,(H,16,17)(H,18,19). The van der Waals surface area contributed by atoms with Crippen LogP contribution in [0.15, 0.2) is 5.38 Å². The van der Waals surface area contributed by atoms with Crippen LogP contribution in [0.25, 0.3) is 0 Å². The topological polar surface area (TPSA) is 66.4 Å². The van der Waals surface area contributed by atoms with E-state index in [2.05, 4.69) is 5.32 Å². The fourth-order valence-electron chi connectivity index (χ4n) is 2.61. The third-order valence-electron chi connectivity index (χ3n) is 3.62. The van der Waals surface area contributed by atoms with Crippen LogP contribution in [0.3, 0.4) is 0 Å². The SMILES string of the molecule is CC(C)CC(NC(=O)c1csc2c1CCCC2)C(=O)O. The summed E-state index contributed by atoms with van der Waals surface area (Å²) in [6.45, 7) is 3.91. The molecule has 1 unspecified atom stereocenters. The molecule has 20 heavy (non-hydrogen) atoms. The van der Waals surface area contributed by atoms with Gasteiger partial charge in [-0.25, -0.2) is 4.79 Å². The minimum atomic E-state index is -0.962. The van der Waals surface area contributed by atoms with E-state index in [4.69, 9.17) is 0 Å². The third-order valence-corrected chi connectivity index (χ3v) is 4.71. The number of aliphatic carboxylic acids is 1. The lowest BCUT2D eigenvalue weighted by molar-refractivity contribution is -0.139. The minimum absolute atomic E-state index is 0.229. The summed E-state index contributed by atoms with van der Waals surface area (Å²) in [6, 6.07) is -0.804. The van der Waals surface area contributed by atoms with Crippen LogP contribution in [-0.4, -0.2) is 23.0 Å². The van der Waals surface area contributed by atoms with Crippen molar-refractivity contribution in [1.29, 1.82) is 0 Å². The van der Waals surface area contributed by atoms with Gasteiger partial charge in [-0.1, -0.05) is 13.8 Å². The van der Waals surface area contributed by atoms with Crippen molar-refractivity contribution in [1.82, 2.24) is 5.32 Å². The van der Waals surface area contributed by atoms with Crippen LogP contribution in [0, 0.1) is 5.92 Å². The van der Waals surface area contributed by atoms with Crippen molar-refractivity contribution in [2.75, 3.05) is 0 Å². The number of carboxylic acid groups (broad SMARTS) is 1. The molecule has 1 heterocycles. The number of nitrogens with one attached hydrogen (secondary N) is 1. The molecule has 0 spiro atoms. The van der Waals surface area contributed by atoms with Crippen molar-refractivity contribution >= 4 is 23.2 Å². The predicted molar refractivity (Wildman–Crippen MR) is 79.3 cm³/mol. The second-order valence-electron chi connectivity index (χ2n) is 5.75. The number of hydrogen-bond acceptors (Lipinski definition) is 3. The minimum Gasteiger partial charge on any atom is -0.480 e. The van der Waals surface area contributed by atoms with Gasteiger partial charge in [0.05, 0.1) is 5.56 Å². The van der Waals surface area contributed by atoms with E-state index in [-0.39, 0.29) is 11.8 Å². The number of hydrogen-bond donors (Lipinski definition) is 2. The van der Waals surface area contributed by atoms with Gasteiger partial charge in [-0.15, -0.1) is 11.3 Å². The third kappa shape index (κ3) is 3.39. The maximum absolute atomic E-state index is 12.3. The number of carbonyl (C=O) groups excluding carboxylic acids is 1. The first-order valence-electron chi connectivity index (χ1n) is 7.12. The smallest absolute Gasteiger partial charge is 0.326 e. The highest BCUT2D eigenvalue weighted by Crippen LogP contribution is 2.30. The zero-order chi connectivity index (χ0) is 14.7. The molecule has 0 bridgehead atoms. The Morgan fingerprint density at radius 2 is 2.05 bits per heavy atom. The van der Waals surface area contributed by atoms with Crippen molar-refractivity contribution in [2.24, 2.45) is 5.92 Å². The van der Waals surface area contributed by atoms with Crippen LogP contribution in [0.4, 0.5) is 0 Å². The van der Waals surface area contributed by atoms with Gasteiger partial charge < -0.3 is 10.4 Å². The van der Waals surface area contributed by atoms with Gasteiger partial charge in [-0.05, 0) is 43.6 Å². The van der Waals surface area contributed by atoms with E-state index in [0.717, 1.165) is 24.8 Å². The Balaban J connectivity index is 2.10. The van der Waals surface area contributed by atoms with Crippen LogP contribution in [0.5, 0.6) is 0 Å². The van der Waals surface area contributed by atoms with Gasteiger partial charge in [0.25, 0.3) is 5.91 Å². The second-order valence-corrected chi connectivity index (χ2v) is 6.72. The van der Waals surface area contributed by atoms with Gasteiger partial charge in [0.2, 0.25) is 0 Å². The van der Waals surface area contributed by atoms with E-state index in [1.165, 1.54) is 11.3 Å². The van der Waals surface area contributed by atoms with Gasteiger partial charge in [-0.3, -0.25) is 4.79 Å². The summed E-state index contributed by atoms with van der Waals surface area (Å²) in [4.78, 5) is 24.8. The molecule has 1 aliphatic carbocycles. The van der Waals surface area contributed by atoms with Crippen molar-refractivity contribution in [3.63, 3.8) is 0 Å². The molecular weight excluding hydrogens is 274 g/mol. The van der Waals surface area contributed by atoms with Gasteiger partial charge in [0, 0.05) is 10.3 Å². The summed E-state index contributed by atoms with van der Waals surface area (Å²) in [5.74, 6) is -0.971. The van der Waals surface area contributed by atoms with Gasteiger partial charge in [0.1, 0.15) is 6.04 Å². The van der Waals surface area contributed by atoms with Crippen molar-refractivity contribution in [3.8, 4) is 0 Å². The Bertz CT molecular complexity index is 507. The first-order valence-corrected chi connectivity index (χ1v) is 8.00. The molecule has 2 rings (SSSR count). The maximum atomic E-state index is 12.3. The molecule has 0 aromatic carbocycles. The number of fused-ring (bicyclic) bond motifs is 1. The quantitative estimate of drug-likeness (QED) is 0.878. The van der Waals surface area contributed by atoms with E-state index in [1.807, 2.05) is 19.2 Å². The Labute approximate surface area is 123 Å². The molecule has 1 aliphatic rings. The molecule has 1 aromatic heterocycles. The lowest BCUT2D eigenvalue weighted by Crippen LogP contribution is -2.41.